The van der Waals surface area contributed by atoms with Crippen molar-refractivity contribution < 1.29 is 18.7 Å². The molecular formula is C30H32FN5O4. The zero-order chi connectivity index (χ0) is 29.2. The van der Waals surface area contributed by atoms with Crippen LogP contribution in [-0.2, 0) is 4.79 Å². The summed E-state index contributed by atoms with van der Waals surface area (Å²) in [5.74, 6) is -0.738. The molecule has 1 aliphatic heterocycles. The van der Waals surface area contributed by atoms with E-state index >= 15 is 0 Å². The highest BCUT2D eigenvalue weighted by atomic mass is 19.1. The summed E-state index contributed by atoms with van der Waals surface area (Å²) in [7, 11) is 0. The van der Waals surface area contributed by atoms with E-state index in [2.05, 4.69) is 21.6 Å². The van der Waals surface area contributed by atoms with Crippen LogP contribution < -0.4 is 15.6 Å². The number of ether oxygens (including phenoxy) is 1. The largest absolute Gasteiger partial charge is 0.451 e. The maximum atomic E-state index is 14.0. The molecule has 1 aliphatic rings. The van der Waals surface area contributed by atoms with Crippen LogP contribution in [-0.4, -0.2) is 39.0 Å². The summed E-state index contributed by atoms with van der Waals surface area (Å²) >= 11 is 0. The van der Waals surface area contributed by atoms with Gasteiger partial charge < -0.3 is 15.0 Å². The van der Waals surface area contributed by atoms with Crippen LogP contribution in [0.4, 0.5) is 4.39 Å². The van der Waals surface area contributed by atoms with E-state index in [1.54, 1.807) is 69.9 Å². The van der Waals surface area contributed by atoms with Gasteiger partial charge in [-0.05, 0) is 88.9 Å². The first-order valence-corrected chi connectivity index (χ1v) is 13.1. The molecule has 2 heterocycles. The summed E-state index contributed by atoms with van der Waals surface area (Å²) in [6.07, 6.45) is 1.15. The van der Waals surface area contributed by atoms with Gasteiger partial charge in [0, 0.05) is 11.6 Å². The predicted octanol–water partition coefficient (Wildman–Crippen LogP) is 4.72. The molecule has 1 fully saturated rings. The number of likely N-dealkylation sites (tertiary alicyclic amines) is 1. The molecule has 2 aromatic carbocycles. The number of nitriles is 1. The summed E-state index contributed by atoms with van der Waals surface area (Å²) in [4.78, 5) is 40.6. The number of aromatic nitrogens is 2. The Morgan fingerprint density at radius 3 is 2.60 bits per heavy atom. The normalized spacial score (nSPS) is 17.7. The number of nitrogens with one attached hydrogen (secondary N) is 2. The van der Waals surface area contributed by atoms with E-state index in [1.165, 1.54) is 18.2 Å². The van der Waals surface area contributed by atoms with E-state index in [-0.39, 0.29) is 11.7 Å². The van der Waals surface area contributed by atoms with Crippen molar-refractivity contribution in [2.24, 2.45) is 5.41 Å². The molecule has 40 heavy (non-hydrogen) atoms. The van der Waals surface area contributed by atoms with Gasteiger partial charge in [-0.15, -0.1) is 0 Å². The van der Waals surface area contributed by atoms with Crippen LogP contribution in [0.2, 0.25) is 0 Å². The molecule has 10 heteroatoms. The third kappa shape index (κ3) is 5.88. The molecule has 4 rings (SSSR count). The van der Waals surface area contributed by atoms with Crippen molar-refractivity contribution in [2.75, 3.05) is 0 Å². The molecule has 2 amide bonds. The molecule has 9 nitrogen and oxygen atoms in total. The monoisotopic (exact) mass is 545 g/mol. The summed E-state index contributed by atoms with van der Waals surface area (Å²) in [5.41, 5.74) is 0.833. The lowest BCUT2D eigenvalue weighted by atomic mass is 9.84. The Hall–Kier alpha value is -4.52. The average molecular weight is 546 g/mol. The van der Waals surface area contributed by atoms with Crippen molar-refractivity contribution in [3.63, 3.8) is 0 Å². The highest BCUT2D eigenvalue weighted by molar-refractivity contribution is 5.98. The Morgan fingerprint density at radius 2 is 1.93 bits per heavy atom. The van der Waals surface area contributed by atoms with Crippen LogP contribution in [0.15, 0.2) is 53.3 Å². The number of nitrogens with zero attached hydrogens (tertiary/aromatic N) is 3. The summed E-state index contributed by atoms with van der Waals surface area (Å²) < 4.78 is 19.8. The molecule has 2 N–H and O–H groups in total. The van der Waals surface area contributed by atoms with Crippen molar-refractivity contribution in [1.82, 2.24) is 20.4 Å². The number of carbonyl (C=O) groups is 2. The van der Waals surface area contributed by atoms with Crippen LogP contribution >= 0.6 is 0 Å². The van der Waals surface area contributed by atoms with Gasteiger partial charge in [-0.25, -0.2) is 9.49 Å². The number of halogens is 1. The summed E-state index contributed by atoms with van der Waals surface area (Å²) in [5, 5.41) is 18.8. The molecule has 0 radical (unpaired) electrons. The molecule has 0 bridgehead atoms. The van der Waals surface area contributed by atoms with Crippen molar-refractivity contribution in [3.8, 4) is 17.6 Å². The van der Waals surface area contributed by atoms with Gasteiger partial charge in [0.15, 0.2) is 5.75 Å². The van der Waals surface area contributed by atoms with E-state index < -0.39 is 40.8 Å². The van der Waals surface area contributed by atoms with Crippen molar-refractivity contribution in [3.05, 3.63) is 87.1 Å². The predicted molar refractivity (Wildman–Crippen MR) is 146 cm³/mol. The van der Waals surface area contributed by atoms with Crippen LogP contribution in [0.3, 0.4) is 0 Å². The lowest BCUT2D eigenvalue weighted by Gasteiger charge is -2.38. The Kier molecular flexibility index (Phi) is 8.05. The van der Waals surface area contributed by atoms with Crippen LogP contribution in [0.25, 0.3) is 0 Å². The Balaban J connectivity index is 1.53. The minimum atomic E-state index is -0.909. The second-order valence-electron chi connectivity index (χ2n) is 10.7. The number of hydrogen-bond acceptors (Lipinski definition) is 6. The maximum Gasteiger partial charge on any atom is 0.307 e. The lowest BCUT2D eigenvalue weighted by Crippen LogP contribution is -2.52. The molecule has 0 spiro atoms. The zero-order valence-electron chi connectivity index (χ0n) is 23.1. The van der Waals surface area contributed by atoms with E-state index in [1.807, 2.05) is 0 Å². The smallest absolute Gasteiger partial charge is 0.307 e. The van der Waals surface area contributed by atoms with Crippen LogP contribution in [0.1, 0.15) is 66.8 Å². The topological polar surface area (TPSA) is 128 Å². The first-order valence-electron chi connectivity index (χ1n) is 13.1. The molecule has 1 aromatic heterocycles. The number of aromatic amines is 1. The standard InChI is InChI=1S/C30H32FN5O4/c1-17-13-21(9-11-24(17)40-25-14-18(2)34-35-28(25)38)27(37)33-19(3)29(39)36-23(20-7-6-8-22(31)15-20)10-12-26(36)30(4,5)16-32/h6-9,11,13-15,19,23,26H,10,12H2,1-5H3,(H,33,37)(H,35,38)/t19-,23+,26-/m1/s1. The van der Waals surface area contributed by atoms with Gasteiger partial charge in [-0.1, -0.05) is 12.1 Å². The maximum absolute atomic E-state index is 14.0. The average Bonchev–Trinajstić information content (AvgIpc) is 3.37. The number of hydrogen-bond donors (Lipinski definition) is 2. The van der Waals surface area contributed by atoms with E-state index in [0.29, 0.717) is 41.0 Å². The molecule has 3 atom stereocenters. The van der Waals surface area contributed by atoms with E-state index in [9.17, 15) is 24.0 Å². The third-order valence-corrected chi connectivity index (χ3v) is 7.27. The number of H-pyrrole nitrogens is 1. The quantitative estimate of drug-likeness (QED) is 0.442. The fourth-order valence-electron chi connectivity index (χ4n) is 5.09. The Labute approximate surface area is 232 Å². The molecule has 1 saturated heterocycles. The van der Waals surface area contributed by atoms with Gasteiger partial charge >= 0.3 is 5.56 Å². The van der Waals surface area contributed by atoms with E-state index in [0.717, 1.165) is 0 Å². The zero-order valence-corrected chi connectivity index (χ0v) is 23.1. The number of aryl methyl sites for hydroxylation is 2. The SMILES string of the molecule is Cc1cc(Oc2ccc(C(=O)N[C@H](C)C(=O)N3[C@H](c4cccc(F)c4)CC[C@@H]3C(C)(C)C#N)cc2C)c(=O)[nH]n1. The second kappa shape index (κ2) is 11.3. The molecule has 0 aliphatic carbocycles. The van der Waals surface area contributed by atoms with Crippen molar-refractivity contribution in [1.29, 1.82) is 5.26 Å². The van der Waals surface area contributed by atoms with Gasteiger partial charge in [0.05, 0.1) is 29.3 Å². The molecule has 208 valence electrons. The van der Waals surface area contributed by atoms with Crippen LogP contribution in [0, 0.1) is 36.4 Å². The number of rotatable bonds is 7. The number of benzene rings is 2. The first kappa shape index (κ1) is 28.5. The highest BCUT2D eigenvalue weighted by Gasteiger charge is 2.46. The second-order valence-corrected chi connectivity index (χ2v) is 10.7. The first-order chi connectivity index (χ1) is 18.9. The van der Waals surface area contributed by atoms with E-state index in [4.69, 9.17) is 4.74 Å². The van der Waals surface area contributed by atoms with Gasteiger partial charge in [-0.2, -0.15) is 10.4 Å². The summed E-state index contributed by atoms with van der Waals surface area (Å²) in [6, 6.07) is 12.9. The van der Waals surface area contributed by atoms with Crippen molar-refractivity contribution >= 4 is 11.8 Å². The minimum Gasteiger partial charge on any atom is -0.451 e. The Morgan fingerprint density at radius 1 is 1.18 bits per heavy atom. The third-order valence-electron chi connectivity index (χ3n) is 7.27. The number of carbonyl (C=O) groups excluding carboxylic acids is 2. The van der Waals surface area contributed by atoms with Gasteiger partial charge in [0.25, 0.3) is 5.91 Å². The summed E-state index contributed by atoms with van der Waals surface area (Å²) in [6.45, 7) is 8.62. The van der Waals surface area contributed by atoms with Gasteiger partial charge in [0.2, 0.25) is 5.91 Å². The van der Waals surface area contributed by atoms with Gasteiger partial charge in [0.1, 0.15) is 17.6 Å². The van der Waals surface area contributed by atoms with Crippen molar-refractivity contribution in [2.45, 2.75) is 65.6 Å². The highest BCUT2D eigenvalue weighted by Crippen LogP contribution is 2.43. The minimum absolute atomic E-state index is 0.0836. The fraction of sp³-hybridized carbons (Fsp3) is 0.367. The van der Waals surface area contributed by atoms with Crippen LogP contribution in [0.5, 0.6) is 11.5 Å². The fourth-order valence-corrected chi connectivity index (χ4v) is 5.09. The number of amides is 2. The lowest BCUT2D eigenvalue weighted by molar-refractivity contribution is -0.137. The molecule has 3 aromatic rings. The Bertz CT molecular complexity index is 1540. The molecule has 0 saturated carbocycles. The van der Waals surface area contributed by atoms with Gasteiger partial charge in [-0.3, -0.25) is 14.4 Å². The molecular weight excluding hydrogens is 513 g/mol. The molecule has 0 unspecified atom stereocenters.